The van der Waals surface area contributed by atoms with Crippen molar-refractivity contribution in [2.75, 3.05) is 0 Å². The number of carbonyl (C=O) groups excluding carboxylic acids is 1. The SMILES string of the molecule is CC.CCCc1cnc(C/C(=C/C(=O)CC)C(C)CCC)nc1. The van der Waals surface area contributed by atoms with Crippen LogP contribution in [0.1, 0.15) is 78.6 Å². The third-order valence-corrected chi connectivity index (χ3v) is 3.71. The first-order valence-electron chi connectivity index (χ1n) is 9.13. The second kappa shape index (κ2) is 13.0. The first-order chi connectivity index (χ1) is 11.1. The van der Waals surface area contributed by atoms with Gasteiger partial charge in [-0.25, -0.2) is 9.97 Å². The van der Waals surface area contributed by atoms with Gasteiger partial charge in [-0.3, -0.25) is 4.79 Å². The van der Waals surface area contributed by atoms with Gasteiger partial charge in [0.15, 0.2) is 5.78 Å². The molecule has 0 fully saturated rings. The van der Waals surface area contributed by atoms with E-state index in [4.69, 9.17) is 0 Å². The van der Waals surface area contributed by atoms with E-state index in [0.29, 0.717) is 18.8 Å². The van der Waals surface area contributed by atoms with Crippen LogP contribution in [0, 0.1) is 5.92 Å². The van der Waals surface area contributed by atoms with Gasteiger partial charge in [0.1, 0.15) is 5.82 Å². The number of nitrogens with zero attached hydrogens (tertiary/aromatic N) is 2. The van der Waals surface area contributed by atoms with Crippen LogP contribution in [0.4, 0.5) is 0 Å². The van der Waals surface area contributed by atoms with E-state index in [2.05, 4.69) is 30.7 Å². The molecule has 1 aromatic heterocycles. The summed E-state index contributed by atoms with van der Waals surface area (Å²) in [6.07, 6.45) is 11.2. The van der Waals surface area contributed by atoms with Crippen molar-refractivity contribution >= 4 is 5.78 Å². The van der Waals surface area contributed by atoms with Crippen molar-refractivity contribution in [3.8, 4) is 0 Å². The third kappa shape index (κ3) is 8.63. The minimum atomic E-state index is 0.190. The highest BCUT2D eigenvalue weighted by Crippen LogP contribution is 2.20. The van der Waals surface area contributed by atoms with E-state index < -0.39 is 0 Å². The lowest BCUT2D eigenvalue weighted by molar-refractivity contribution is -0.114. The van der Waals surface area contributed by atoms with Gasteiger partial charge in [-0.15, -0.1) is 0 Å². The number of aryl methyl sites for hydroxylation is 1. The molecule has 3 heteroatoms. The molecule has 0 amide bonds. The molecular formula is C20H34N2O. The third-order valence-electron chi connectivity index (χ3n) is 3.71. The highest BCUT2D eigenvalue weighted by molar-refractivity contribution is 5.90. The molecule has 1 aromatic rings. The molecule has 3 nitrogen and oxygen atoms in total. The first-order valence-corrected chi connectivity index (χ1v) is 9.13. The second-order valence-corrected chi connectivity index (χ2v) is 5.66. The smallest absolute Gasteiger partial charge is 0.155 e. The van der Waals surface area contributed by atoms with Crippen molar-refractivity contribution < 1.29 is 4.79 Å². The number of aromatic nitrogens is 2. The fraction of sp³-hybridized carbons (Fsp3) is 0.650. The Balaban J connectivity index is 0.00000232. The minimum absolute atomic E-state index is 0.190. The number of allylic oxidation sites excluding steroid dienone is 2. The Bertz CT molecular complexity index is 463. The van der Waals surface area contributed by atoms with Gasteiger partial charge >= 0.3 is 0 Å². The van der Waals surface area contributed by atoms with E-state index in [1.54, 1.807) is 0 Å². The Hall–Kier alpha value is -1.51. The first kappa shape index (κ1) is 21.5. The van der Waals surface area contributed by atoms with Crippen LogP contribution in [0.25, 0.3) is 0 Å². The topological polar surface area (TPSA) is 42.9 Å². The van der Waals surface area contributed by atoms with Gasteiger partial charge in [0.05, 0.1) is 0 Å². The average molecular weight is 319 g/mol. The highest BCUT2D eigenvalue weighted by Gasteiger charge is 2.12. The van der Waals surface area contributed by atoms with Gasteiger partial charge in [-0.05, 0) is 30.4 Å². The molecule has 1 unspecified atom stereocenters. The summed E-state index contributed by atoms with van der Waals surface area (Å²) in [6, 6.07) is 0. The highest BCUT2D eigenvalue weighted by atomic mass is 16.1. The molecule has 0 bridgehead atoms. The number of ketones is 1. The lowest BCUT2D eigenvalue weighted by atomic mass is 9.92. The van der Waals surface area contributed by atoms with Gasteiger partial charge in [0.25, 0.3) is 0 Å². The molecule has 0 aromatic carbocycles. The summed E-state index contributed by atoms with van der Waals surface area (Å²) in [6.45, 7) is 12.4. The van der Waals surface area contributed by atoms with E-state index >= 15 is 0 Å². The number of hydrogen-bond acceptors (Lipinski definition) is 3. The Morgan fingerprint density at radius 1 is 1.13 bits per heavy atom. The van der Waals surface area contributed by atoms with Gasteiger partial charge in [-0.2, -0.15) is 0 Å². The molecule has 0 aliphatic rings. The van der Waals surface area contributed by atoms with E-state index in [0.717, 1.165) is 37.1 Å². The lowest BCUT2D eigenvalue weighted by Crippen LogP contribution is -2.08. The van der Waals surface area contributed by atoms with Gasteiger partial charge in [0, 0.05) is 25.2 Å². The fourth-order valence-corrected chi connectivity index (χ4v) is 2.37. The standard InChI is InChI=1S/C18H28N2O.C2H6/c1-5-8-14(4)16(10-17(21)7-3)11-18-19-12-15(9-6-2)13-20-18;1-2/h10,12-14H,5-9,11H2,1-4H3;1-2H3/b16-10-;. The molecule has 0 radical (unpaired) electrons. The molecule has 1 atom stereocenters. The summed E-state index contributed by atoms with van der Waals surface area (Å²) < 4.78 is 0. The zero-order valence-electron chi connectivity index (χ0n) is 15.9. The Labute approximate surface area is 142 Å². The summed E-state index contributed by atoms with van der Waals surface area (Å²) in [7, 11) is 0. The molecule has 1 heterocycles. The largest absolute Gasteiger partial charge is 0.295 e. The zero-order chi connectivity index (χ0) is 17.7. The summed E-state index contributed by atoms with van der Waals surface area (Å²) in [5.41, 5.74) is 2.34. The normalized spacial score (nSPS) is 12.3. The van der Waals surface area contributed by atoms with Crippen LogP contribution in [0.2, 0.25) is 0 Å². The van der Waals surface area contributed by atoms with Gasteiger partial charge in [0.2, 0.25) is 0 Å². The second-order valence-electron chi connectivity index (χ2n) is 5.66. The van der Waals surface area contributed by atoms with Crippen LogP contribution in [0.15, 0.2) is 24.0 Å². The van der Waals surface area contributed by atoms with Crippen molar-refractivity contribution in [1.82, 2.24) is 9.97 Å². The van der Waals surface area contributed by atoms with Crippen molar-refractivity contribution in [3.63, 3.8) is 0 Å². The zero-order valence-corrected chi connectivity index (χ0v) is 15.9. The predicted octanol–water partition coefficient (Wildman–Crippen LogP) is 5.34. The predicted molar refractivity (Wildman–Crippen MR) is 98.5 cm³/mol. The van der Waals surface area contributed by atoms with Gasteiger partial charge < -0.3 is 0 Å². The van der Waals surface area contributed by atoms with Crippen LogP contribution in [0.5, 0.6) is 0 Å². The molecule has 0 N–H and O–H groups in total. The average Bonchev–Trinajstić information content (AvgIpc) is 2.58. The van der Waals surface area contributed by atoms with E-state index in [-0.39, 0.29) is 5.78 Å². The molecule has 0 spiro atoms. The van der Waals surface area contributed by atoms with Crippen LogP contribution < -0.4 is 0 Å². The number of hydrogen-bond donors (Lipinski definition) is 0. The maximum absolute atomic E-state index is 11.7. The maximum Gasteiger partial charge on any atom is 0.155 e. The molecule has 23 heavy (non-hydrogen) atoms. The minimum Gasteiger partial charge on any atom is -0.295 e. The van der Waals surface area contributed by atoms with Crippen LogP contribution in [-0.2, 0) is 17.6 Å². The van der Waals surface area contributed by atoms with E-state index in [1.807, 2.05) is 39.2 Å². The summed E-state index contributed by atoms with van der Waals surface area (Å²) in [5, 5.41) is 0. The van der Waals surface area contributed by atoms with Crippen LogP contribution >= 0.6 is 0 Å². The molecule has 1 rings (SSSR count). The molecule has 0 aliphatic carbocycles. The number of carbonyl (C=O) groups is 1. The Morgan fingerprint density at radius 2 is 1.74 bits per heavy atom. The lowest BCUT2D eigenvalue weighted by Gasteiger charge is -2.14. The van der Waals surface area contributed by atoms with Crippen molar-refractivity contribution in [2.24, 2.45) is 5.92 Å². The summed E-state index contributed by atoms with van der Waals surface area (Å²) >= 11 is 0. The van der Waals surface area contributed by atoms with Crippen LogP contribution in [-0.4, -0.2) is 15.8 Å². The summed E-state index contributed by atoms with van der Waals surface area (Å²) in [5.74, 6) is 1.41. The maximum atomic E-state index is 11.7. The van der Waals surface area contributed by atoms with E-state index in [9.17, 15) is 4.79 Å². The Morgan fingerprint density at radius 3 is 2.22 bits per heavy atom. The van der Waals surface area contributed by atoms with Crippen molar-refractivity contribution in [2.45, 2.75) is 80.1 Å². The van der Waals surface area contributed by atoms with Crippen LogP contribution in [0.3, 0.4) is 0 Å². The summed E-state index contributed by atoms with van der Waals surface area (Å²) in [4.78, 5) is 20.6. The quantitative estimate of drug-likeness (QED) is 0.577. The molecule has 130 valence electrons. The van der Waals surface area contributed by atoms with Crippen molar-refractivity contribution in [1.29, 1.82) is 0 Å². The van der Waals surface area contributed by atoms with Crippen molar-refractivity contribution in [3.05, 3.63) is 35.4 Å². The van der Waals surface area contributed by atoms with E-state index in [1.165, 1.54) is 5.56 Å². The molecule has 0 saturated heterocycles. The fourth-order valence-electron chi connectivity index (χ4n) is 2.37. The Kier molecular flexibility index (Phi) is 12.1. The molecule has 0 saturated carbocycles. The number of rotatable bonds is 9. The molecular weight excluding hydrogens is 284 g/mol. The van der Waals surface area contributed by atoms with Gasteiger partial charge in [-0.1, -0.05) is 60.0 Å². The molecule has 0 aliphatic heterocycles. The monoisotopic (exact) mass is 318 g/mol.